The Morgan fingerprint density at radius 1 is 0.929 bits per heavy atom. The molecule has 0 amide bonds. The molecular formula is C23H29Cl2NO2. The molecule has 3 nitrogen and oxygen atoms in total. The predicted octanol–water partition coefficient (Wildman–Crippen LogP) is 6.78. The Bertz CT molecular complexity index is 741. The van der Waals surface area contributed by atoms with Crippen molar-refractivity contribution in [2.24, 2.45) is 0 Å². The summed E-state index contributed by atoms with van der Waals surface area (Å²) in [5.41, 5.74) is 2.09. The van der Waals surface area contributed by atoms with Crippen LogP contribution in [0.3, 0.4) is 0 Å². The molecule has 5 heteroatoms. The second-order valence-corrected chi connectivity index (χ2v) is 8.15. The third kappa shape index (κ3) is 6.30. The molecule has 0 unspecified atom stereocenters. The van der Waals surface area contributed by atoms with Gasteiger partial charge in [-0.05, 0) is 49.1 Å². The van der Waals surface area contributed by atoms with Crippen LogP contribution in [0, 0.1) is 0 Å². The lowest BCUT2D eigenvalue weighted by Gasteiger charge is -2.19. The van der Waals surface area contributed by atoms with Crippen molar-refractivity contribution in [2.75, 3.05) is 6.61 Å². The second kappa shape index (κ2) is 10.9. The standard InChI is InChI=1S/C23H29Cl2NO2/c1-2-27-22-13-18(15-26-20-7-5-3-4-6-8-20)21(25)14-23(22)28-16-17-9-11-19(24)12-10-17/h9-14,20,26H,2-8,15-16H2,1H3. The molecule has 1 aliphatic rings. The number of hydrogen-bond acceptors (Lipinski definition) is 3. The van der Waals surface area contributed by atoms with E-state index in [0.29, 0.717) is 35.1 Å². The van der Waals surface area contributed by atoms with E-state index in [9.17, 15) is 0 Å². The molecule has 2 aromatic rings. The molecular weight excluding hydrogens is 393 g/mol. The highest BCUT2D eigenvalue weighted by atomic mass is 35.5. The Kier molecular flexibility index (Phi) is 8.32. The number of rotatable bonds is 8. The number of benzene rings is 2. The molecule has 1 fully saturated rings. The first-order valence-corrected chi connectivity index (χ1v) is 11.0. The SMILES string of the molecule is CCOc1cc(CNC2CCCCCC2)c(Cl)cc1OCc1ccc(Cl)cc1. The van der Waals surface area contributed by atoms with Gasteiger partial charge in [0.25, 0.3) is 0 Å². The fraction of sp³-hybridized carbons (Fsp3) is 0.478. The van der Waals surface area contributed by atoms with Crippen LogP contribution in [0.4, 0.5) is 0 Å². The summed E-state index contributed by atoms with van der Waals surface area (Å²) in [5.74, 6) is 1.40. The number of ether oxygens (including phenoxy) is 2. The minimum absolute atomic E-state index is 0.438. The zero-order chi connectivity index (χ0) is 19.8. The van der Waals surface area contributed by atoms with Gasteiger partial charge < -0.3 is 14.8 Å². The van der Waals surface area contributed by atoms with Crippen LogP contribution in [-0.2, 0) is 13.2 Å². The first-order valence-electron chi connectivity index (χ1n) is 10.2. The third-order valence-electron chi connectivity index (χ3n) is 5.16. The van der Waals surface area contributed by atoms with E-state index in [1.807, 2.05) is 43.3 Å². The maximum Gasteiger partial charge on any atom is 0.163 e. The van der Waals surface area contributed by atoms with Crippen LogP contribution in [0.1, 0.15) is 56.6 Å². The summed E-state index contributed by atoms with van der Waals surface area (Å²) >= 11 is 12.5. The van der Waals surface area contributed by atoms with Gasteiger partial charge in [-0.2, -0.15) is 0 Å². The highest BCUT2D eigenvalue weighted by molar-refractivity contribution is 6.31. The Morgan fingerprint density at radius 3 is 2.29 bits per heavy atom. The highest BCUT2D eigenvalue weighted by Crippen LogP contribution is 2.34. The summed E-state index contributed by atoms with van der Waals surface area (Å²) < 4.78 is 11.8. The molecule has 0 spiro atoms. The number of nitrogens with one attached hydrogen (secondary N) is 1. The maximum absolute atomic E-state index is 6.56. The van der Waals surface area contributed by atoms with E-state index in [0.717, 1.165) is 23.4 Å². The molecule has 3 rings (SSSR count). The van der Waals surface area contributed by atoms with E-state index in [4.69, 9.17) is 32.7 Å². The maximum atomic E-state index is 6.56. The molecule has 0 atom stereocenters. The molecule has 0 radical (unpaired) electrons. The molecule has 28 heavy (non-hydrogen) atoms. The minimum atomic E-state index is 0.438. The molecule has 0 aromatic heterocycles. The van der Waals surface area contributed by atoms with Crippen LogP contribution in [0.2, 0.25) is 10.0 Å². The van der Waals surface area contributed by atoms with Crippen molar-refractivity contribution in [3.63, 3.8) is 0 Å². The van der Waals surface area contributed by atoms with Gasteiger partial charge in [-0.1, -0.05) is 61.0 Å². The Labute approximate surface area is 178 Å². The molecule has 1 N–H and O–H groups in total. The van der Waals surface area contributed by atoms with Crippen molar-refractivity contribution in [2.45, 2.75) is 64.6 Å². The van der Waals surface area contributed by atoms with Crippen molar-refractivity contribution in [3.05, 3.63) is 57.6 Å². The van der Waals surface area contributed by atoms with Crippen molar-refractivity contribution in [3.8, 4) is 11.5 Å². The zero-order valence-electron chi connectivity index (χ0n) is 16.5. The summed E-state index contributed by atoms with van der Waals surface area (Å²) in [4.78, 5) is 0. The minimum Gasteiger partial charge on any atom is -0.490 e. The van der Waals surface area contributed by atoms with Gasteiger partial charge in [-0.25, -0.2) is 0 Å². The molecule has 0 aliphatic heterocycles. The van der Waals surface area contributed by atoms with E-state index >= 15 is 0 Å². The van der Waals surface area contributed by atoms with Gasteiger partial charge >= 0.3 is 0 Å². The summed E-state index contributed by atoms with van der Waals surface area (Å²) in [6.45, 7) is 3.74. The zero-order valence-corrected chi connectivity index (χ0v) is 18.0. The summed E-state index contributed by atoms with van der Waals surface area (Å²) in [7, 11) is 0. The predicted molar refractivity (Wildman–Crippen MR) is 117 cm³/mol. The highest BCUT2D eigenvalue weighted by Gasteiger charge is 2.15. The van der Waals surface area contributed by atoms with Gasteiger partial charge in [0.2, 0.25) is 0 Å². The lowest BCUT2D eigenvalue weighted by atomic mass is 10.1. The second-order valence-electron chi connectivity index (χ2n) is 7.31. The van der Waals surface area contributed by atoms with Crippen molar-refractivity contribution in [1.82, 2.24) is 5.32 Å². The first-order chi connectivity index (χ1) is 13.7. The monoisotopic (exact) mass is 421 g/mol. The fourth-order valence-electron chi connectivity index (χ4n) is 3.57. The van der Waals surface area contributed by atoms with Crippen LogP contribution < -0.4 is 14.8 Å². The van der Waals surface area contributed by atoms with Crippen LogP contribution in [0.15, 0.2) is 36.4 Å². The average molecular weight is 422 g/mol. The quantitative estimate of drug-likeness (QED) is 0.476. The smallest absolute Gasteiger partial charge is 0.163 e. The average Bonchev–Trinajstić information content (AvgIpc) is 2.97. The van der Waals surface area contributed by atoms with Gasteiger partial charge in [0.1, 0.15) is 6.61 Å². The topological polar surface area (TPSA) is 30.5 Å². The van der Waals surface area contributed by atoms with Gasteiger partial charge in [-0.3, -0.25) is 0 Å². The van der Waals surface area contributed by atoms with E-state index in [2.05, 4.69) is 5.32 Å². The van der Waals surface area contributed by atoms with Crippen molar-refractivity contribution in [1.29, 1.82) is 0 Å². The lowest BCUT2D eigenvalue weighted by Crippen LogP contribution is -2.28. The molecule has 0 saturated heterocycles. The normalized spacial score (nSPS) is 15.2. The van der Waals surface area contributed by atoms with E-state index in [1.165, 1.54) is 38.5 Å². The van der Waals surface area contributed by atoms with Crippen LogP contribution in [-0.4, -0.2) is 12.6 Å². The van der Waals surface area contributed by atoms with Gasteiger partial charge in [0.05, 0.1) is 6.61 Å². The fourth-order valence-corrected chi connectivity index (χ4v) is 3.92. The molecule has 1 saturated carbocycles. The number of hydrogen-bond donors (Lipinski definition) is 1. The largest absolute Gasteiger partial charge is 0.490 e. The van der Waals surface area contributed by atoms with Crippen molar-refractivity contribution >= 4 is 23.2 Å². The van der Waals surface area contributed by atoms with Crippen LogP contribution in [0.5, 0.6) is 11.5 Å². The summed E-state index contributed by atoms with van der Waals surface area (Å²) in [5, 5.41) is 5.10. The molecule has 1 aliphatic carbocycles. The van der Waals surface area contributed by atoms with E-state index < -0.39 is 0 Å². The molecule has 0 bridgehead atoms. The van der Waals surface area contributed by atoms with Gasteiger partial charge in [0.15, 0.2) is 11.5 Å². The summed E-state index contributed by atoms with van der Waals surface area (Å²) in [6.07, 6.45) is 7.83. The van der Waals surface area contributed by atoms with Crippen molar-refractivity contribution < 1.29 is 9.47 Å². The van der Waals surface area contributed by atoms with Gasteiger partial charge in [0, 0.05) is 28.7 Å². The molecule has 0 heterocycles. The Balaban J connectivity index is 1.67. The van der Waals surface area contributed by atoms with Gasteiger partial charge in [-0.15, -0.1) is 0 Å². The van der Waals surface area contributed by atoms with Crippen LogP contribution >= 0.6 is 23.2 Å². The Morgan fingerprint density at radius 2 is 1.61 bits per heavy atom. The summed E-state index contributed by atoms with van der Waals surface area (Å²) in [6, 6.07) is 12.1. The Hall–Kier alpha value is -1.42. The van der Waals surface area contributed by atoms with Crippen LogP contribution in [0.25, 0.3) is 0 Å². The number of halogens is 2. The van der Waals surface area contributed by atoms with E-state index in [1.54, 1.807) is 0 Å². The third-order valence-corrected chi connectivity index (χ3v) is 5.76. The molecule has 152 valence electrons. The molecule has 2 aromatic carbocycles. The lowest BCUT2D eigenvalue weighted by molar-refractivity contribution is 0.269. The van der Waals surface area contributed by atoms with E-state index in [-0.39, 0.29) is 0 Å². The first kappa shape index (κ1) is 21.3.